The molecule has 0 amide bonds. The van der Waals surface area contributed by atoms with Crippen molar-refractivity contribution in [3.05, 3.63) is 57.0 Å². The maximum atomic E-state index is 13.2. The van der Waals surface area contributed by atoms with Crippen LogP contribution in [-0.4, -0.2) is 5.11 Å². The Morgan fingerprint density at radius 3 is 2.37 bits per heavy atom. The zero-order valence-corrected chi connectivity index (χ0v) is 12.5. The van der Waals surface area contributed by atoms with E-state index in [9.17, 15) is 9.50 Å². The summed E-state index contributed by atoms with van der Waals surface area (Å²) in [7, 11) is 0. The maximum absolute atomic E-state index is 13.2. The lowest BCUT2D eigenvalue weighted by molar-refractivity contribution is 0.224. The van der Waals surface area contributed by atoms with Gasteiger partial charge >= 0.3 is 0 Å². The van der Waals surface area contributed by atoms with Gasteiger partial charge in [-0.15, -0.1) is 11.3 Å². The van der Waals surface area contributed by atoms with Crippen molar-refractivity contribution in [2.24, 2.45) is 0 Å². The van der Waals surface area contributed by atoms with Crippen molar-refractivity contribution in [3.8, 4) is 0 Å². The molecule has 3 heteroatoms. The average Bonchev–Trinajstić information content (AvgIpc) is 2.81. The standard InChI is InChI=1S/C16H19FOS/c1-10-9-11(5-6-12(10)17)15(18)13-7-8-14(19-13)16(2,3)4/h5-9,15,18H,1-4H3. The first kappa shape index (κ1) is 14.2. The zero-order valence-electron chi connectivity index (χ0n) is 11.7. The Kier molecular flexibility index (Phi) is 3.79. The summed E-state index contributed by atoms with van der Waals surface area (Å²) in [6, 6.07) is 8.76. The topological polar surface area (TPSA) is 20.2 Å². The highest BCUT2D eigenvalue weighted by Gasteiger charge is 2.19. The van der Waals surface area contributed by atoms with Gasteiger partial charge in [0.1, 0.15) is 11.9 Å². The summed E-state index contributed by atoms with van der Waals surface area (Å²) in [5, 5.41) is 10.4. The van der Waals surface area contributed by atoms with E-state index < -0.39 is 6.10 Å². The molecule has 19 heavy (non-hydrogen) atoms. The molecular formula is C16H19FOS. The average molecular weight is 278 g/mol. The van der Waals surface area contributed by atoms with Crippen LogP contribution in [0.1, 0.15) is 47.8 Å². The molecule has 2 rings (SSSR count). The molecule has 1 nitrogen and oxygen atoms in total. The molecule has 1 aromatic heterocycles. The predicted molar refractivity (Wildman–Crippen MR) is 78.2 cm³/mol. The van der Waals surface area contributed by atoms with Gasteiger partial charge in [-0.1, -0.05) is 32.9 Å². The highest BCUT2D eigenvalue weighted by molar-refractivity contribution is 7.12. The first-order chi connectivity index (χ1) is 8.79. The summed E-state index contributed by atoms with van der Waals surface area (Å²) >= 11 is 1.61. The lowest BCUT2D eigenvalue weighted by Crippen LogP contribution is -2.07. The third-order valence-corrected chi connectivity index (χ3v) is 4.70. The van der Waals surface area contributed by atoms with E-state index in [1.54, 1.807) is 30.4 Å². The lowest BCUT2D eigenvalue weighted by Gasteiger charge is -2.16. The van der Waals surface area contributed by atoms with Crippen LogP contribution in [0.25, 0.3) is 0 Å². The number of rotatable bonds is 2. The number of aliphatic hydroxyl groups excluding tert-OH is 1. The number of aryl methyl sites for hydroxylation is 1. The molecule has 0 aliphatic carbocycles. The van der Waals surface area contributed by atoms with Gasteiger partial charge in [-0.25, -0.2) is 4.39 Å². The van der Waals surface area contributed by atoms with Crippen LogP contribution < -0.4 is 0 Å². The van der Waals surface area contributed by atoms with Gasteiger partial charge in [-0.3, -0.25) is 0 Å². The molecule has 1 unspecified atom stereocenters. The lowest BCUT2D eigenvalue weighted by atomic mass is 9.95. The fourth-order valence-corrected chi connectivity index (χ4v) is 2.99. The van der Waals surface area contributed by atoms with Crippen LogP contribution in [0, 0.1) is 12.7 Å². The molecule has 0 saturated carbocycles. The van der Waals surface area contributed by atoms with Gasteiger partial charge < -0.3 is 5.11 Å². The fourth-order valence-electron chi connectivity index (χ4n) is 1.91. The van der Waals surface area contributed by atoms with E-state index in [2.05, 4.69) is 26.8 Å². The molecule has 1 aromatic carbocycles. The van der Waals surface area contributed by atoms with Crippen LogP contribution in [0.2, 0.25) is 0 Å². The molecule has 0 saturated heterocycles. The second-order valence-corrected chi connectivity index (χ2v) is 6.98. The number of halogens is 1. The smallest absolute Gasteiger partial charge is 0.126 e. The van der Waals surface area contributed by atoms with E-state index in [0.717, 1.165) is 10.4 Å². The molecule has 0 aliphatic heterocycles. The third-order valence-electron chi connectivity index (χ3n) is 3.13. The number of aliphatic hydroxyl groups is 1. The quantitative estimate of drug-likeness (QED) is 0.853. The Labute approximate surface area is 117 Å². The predicted octanol–water partition coefficient (Wildman–Crippen LogP) is 4.57. The third kappa shape index (κ3) is 3.04. The minimum atomic E-state index is -0.680. The van der Waals surface area contributed by atoms with E-state index in [4.69, 9.17) is 0 Å². The van der Waals surface area contributed by atoms with Crippen molar-refractivity contribution >= 4 is 11.3 Å². The SMILES string of the molecule is Cc1cc(C(O)c2ccc(C(C)(C)C)s2)ccc1F. The van der Waals surface area contributed by atoms with Gasteiger partial charge in [0.05, 0.1) is 0 Å². The van der Waals surface area contributed by atoms with Crippen LogP contribution in [-0.2, 0) is 5.41 Å². The molecule has 1 heterocycles. The summed E-state index contributed by atoms with van der Waals surface area (Å²) in [6.07, 6.45) is -0.680. The Balaban J connectivity index is 2.31. The Bertz CT molecular complexity index is 581. The van der Waals surface area contributed by atoms with E-state index in [0.29, 0.717) is 5.56 Å². The fraction of sp³-hybridized carbons (Fsp3) is 0.375. The Hall–Kier alpha value is -1.19. The van der Waals surface area contributed by atoms with Crippen molar-refractivity contribution < 1.29 is 9.50 Å². The van der Waals surface area contributed by atoms with E-state index >= 15 is 0 Å². The molecular weight excluding hydrogens is 259 g/mol. The minimum absolute atomic E-state index is 0.0847. The van der Waals surface area contributed by atoms with Gasteiger partial charge in [-0.05, 0) is 41.7 Å². The van der Waals surface area contributed by atoms with E-state index in [-0.39, 0.29) is 11.2 Å². The minimum Gasteiger partial charge on any atom is -0.383 e. The molecule has 0 spiro atoms. The zero-order chi connectivity index (χ0) is 14.2. The summed E-state index contributed by atoms with van der Waals surface area (Å²) in [6.45, 7) is 8.16. The van der Waals surface area contributed by atoms with Crippen LogP contribution in [0.15, 0.2) is 30.3 Å². The first-order valence-corrected chi connectivity index (χ1v) is 7.15. The summed E-state index contributed by atoms with van der Waals surface area (Å²) in [5.74, 6) is -0.238. The number of hydrogen-bond donors (Lipinski definition) is 1. The Morgan fingerprint density at radius 2 is 1.84 bits per heavy atom. The monoisotopic (exact) mass is 278 g/mol. The molecule has 0 radical (unpaired) electrons. The molecule has 2 aromatic rings. The highest BCUT2D eigenvalue weighted by Crippen LogP contribution is 2.34. The van der Waals surface area contributed by atoms with Gasteiger partial charge in [0.15, 0.2) is 0 Å². The first-order valence-electron chi connectivity index (χ1n) is 6.33. The summed E-state index contributed by atoms with van der Waals surface area (Å²) < 4.78 is 13.2. The van der Waals surface area contributed by atoms with Crippen molar-refractivity contribution in [1.29, 1.82) is 0 Å². The van der Waals surface area contributed by atoms with Crippen molar-refractivity contribution in [1.82, 2.24) is 0 Å². The molecule has 102 valence electrons. The van der Waals surface area contributed by atoms with Crippen LogP contribution >= 0.6 is 11.3 Å². The van der Waals surface area contributed by atoms with Crippen molar-refractivity contribution in [3.63, 3.8) is 0 Å². The molecule has 1 atom stereocenters. The highest BCUT2D eigenvalue weighted by atomic mass is 32.1. The number of hydrogen-bond acceptors (Lipinski definition) is 2. The van der Waals surface area contributed by atoms with Gasteiger partial charge in [0.25, 0.3) is 0 Å². The van der Waals surface area contributed by atoms with Crippen LogP contribution in [0.4, 0.5) is 4.39 Å². The van der Waals surface area contributed by atoms with Gasteiger partial charge in [-0.2, -0.15) is 0 Å². The molecule has 0 bridgehead atoms. The van der Waals surface area contributed by atoms with Crippen LogP contribution in [0.5, 0.6) is 0 Å². The van der Waals surface area contributed by atoms with E-state index in [1.165, 1.54) is 10.9 Å². The van der Waals surface area contributed by atoms with Gasteiger partial charge in [0, 0.05) is 9.75 Å². The van der Waals surface area contributed by atoms with Crippen molar-refractivity contribution in [2.45, 2.75) is 39.2 Å². The maximum Gasteiger partial charge on any atom is 0.126 e. The summed E-state index contributed by atoms with van der Waals surface area (Å²) in [4.78, 5) is 2.14. The Morgan fingerprint density at radius 1 is 1.16 bits per heavy atom. The largest absolute Gasteiger partial charge is 0.383 e. The molecule has 0 fully saturated rings. The van der Waals surface area contributed by atoms with Crippen LogP contribution in [0.3, 0.4) is 0 Å². The second-order valence-electron chi connectivity index (χ2n) is 5.86. The van der Waals surface area contributed by atoms with E-state index in [1.807, 2.05) is 6.07 Å². The van der Waals surface area contributed by atoms with Crippen molar-refractivity contribution in [2.75, 3.05) is 0 Å². The number of benzene rings is 1. The second kappa shape index (κ2) is 5.06. The molecule has 0 aliphatic rings. The normalized spacial score (nSPS) is 13.6. The number of thiophene rings is 1. The molecule has 1 N–H and O–H groups in total. The summed E-state index contributed by atoms with van der Waals surface area (Å²) in [5.41, 5.74) is 1.38. The van der Waals surface area contributed by atoms with Gasteiger partial charge in [0.2, 0.25) is 0 Å².